The Morgan fingerprint density at radius 3 is 2.50 bits per heavy atom. The molecule has 3 heteroatoms. The van der Waals surface area contributed by atoms with Gasteiger partial charge in [0.2, 0.25) is 0 Å². The smallest absolute Gasteiger partial charge is 0.137 e. The second-order valence-corrected chi connectivity index (χ2v) is 4.49. The summed E-state index contributed by atoms with van der Waals surface area (Å²) in [6, 6.07) is 5.95. The molecular weight excluding hydrogens is 242 g/mol. The highest BCUT2D eigenvalue weighted by atomic mass is 79.9. The standard InChI is InChI=1S/C11H16BrNO/c1-7(2)10(13)8-5-4-6-9(12)11(8)14-3/h4-7,10H,13H2,1-3H3/t10-/m1/s1. The molecule has 0 aliphatic heterocycles. The zero-order valence-electron chi connectivity index (χ0n) is 8.75. The molecule has 0 unspecified atom stereocenters. The van der Waals surface area contributed by atoms with Crippen molar-refractivity contribution in [3.8, 4) is 5.75 Å². The highest BCUT2D eigenvalue weighted by Gasteiger charge is 2.16. The summed E-state index contributed by atoms with van der Waals surface area (Å²) in [5.74, 6) is 1.24. The predicted molar refractivity (Wildman–Crippen MR) is 62.5 cm³/mol. The summed E-state index contributed by atoms with van der Waals surface area (Å²) in [6.45, 7) is 4.20. The second-order valence-electron chi connectivity index (χ2n) is 3.63. The lowest BCUT2D eigenvalue weighted by Crippen LogP contribution is -2.17. The monoisotopic (exact) mass is 257 g/mol. The Kier molecular flexibility index (Phi) is 3.96. The van der Waals surface area contributed by atoms with Gasteiger partial charge in [0.1, 0.15) is 5.75 Å². The van der Waals surface area contributed by atoms with Crippen LogP contribution in [0.4, 0.5) is 0 Å². The number of ether oxygens (including phenoxy) is 1. The average Bonchev–Trinajstić information content (AvgIpc) is 2.16. The third kappa shape index (κ3) is 2.28. The normalized spacial score (nSPS) is 13.0. The number of benzene rings is 1. The first-order valence-electron chi connectivity index (χ1n) is 4.66. The van der Waals surface area contributed by atoms with Gasteiger partial charge in [-0.05, 0) is 27.9 Å². The number of para-hydroxylation sites is 1. The lowest BCUT2D eigenvalue weighted by atomic mass is 9.96. The summed E-state index contributed by atoms with van der Waals surface area (Å²) >= 11 is 3.44. The molecule has 0 heterocycles. The minimum atomic E-state index is 0.0162. The van der Waals surface area contributed by atoms with Crippen LogP contribution in [-0.2, 0) is 0 Å². The molecule has 1 aromatic rings. The second kappa shape index (κ2) is 4.80. The molecule has 0 aliphatic rings. The van der Waals surface area contributed by atoms with Crippen LogP contribution in [0.15, 0.2) is 22.7 Å². The molecule has 0 bridgehead atoms. The van der Waals surface area contributed by atoms with Gasteiger partial charge in [-0.15, -0.1) is 0 Å². The van der Waals surface area contributed by atoms with E-state index in [4.69, 9.17) is 10.5 Å². The van der Waals surface area contributed by atoms with Crippen molar-refractivity contribution in [1.82, 2.24) is 0 Å². The van der Waals surface area contributed by atoms with Crippen molar-refractivity contribution in [2.24, 2.45) is 11.7 Å². The topological polar surface area (TPSA) is 35.2 Å². The number of halogens is 1. The Morgan fingerprint density at radius 1 is 1.36 bits per heavy atom. The van der Waals surface area contributed by atoms with Gasteiger partial charge in [0.15, 0.2) is 0 Å². The van der Waals surface area contributed by atoms with E-state index < -0.39 is 0 Å². The van der Waals surface area contributed by atoms with Gasteiger partial charge >= 0.3 is 0 Å². The summed E-state index contributed by atoms with van der Waals surface area (Å²) in [5, 5.41) is 0. The van der Waals surface area contributed by atoms with Gasteiger partial charge in [0.05, 0.1) is 11.6 Å². The van der Waals surface area contributed by atoms with E-state index in [0.29, 0.717) is 5.92 Å². The molecule has 0 saturated heterocycles. The summed E-state index contributed by atoms with van der Waals surface area (Å²) < 4.78 is 6.27. The molecule has 0 aromatic heterocycles. The first kappa shape index (κ1) is 11.5. The lowest BCUT2D eigenvalue weighted by Gasteiger charge is -2.19. The third-order valence-electron chi connectivity index (χ3n) is 2.28. The van der Waals surface area contributed by atoms with E-state index >= 15 is 0 Å². The SMILES string of the molecule is COc1c(Br)cccc1[C@H](N)C(C)C. The molecule has 0 spiro atoms. The largest absolute Gasteiger partial charge is 0.495 e. The van der Waals surface area contributed by atoms with Crippen molar-refractivity contribution in [1.29, 1.82) is 0 Å². The van der Waals surface area contributed by atoms with Crippen molar-refractivity contribution in [2.75, 3.05) is 7.11 Å². The Morgan fingerprint density at radius 2 is 2.00 bits per heavy atom. The van der Waals surface area contributed by atoms with Crippen LogP contribution in [0.3, 0.4) is 0 Å². The van der Waals surface area contributed by atoms with Crippen LogP contribution >= 0.6 is 15.9 Å². The number of methoxy groups -OCH3 is 1. The van der Waals surface area contributed by atoms with Crippen LogP contribution in [0, 0.1) is 5.92 Å². The van der Waals surface area contributed by atoms with Gasteiger partial charge in [-0.3, -0.25) is 0 Å². The number of hydrogen-bond donors (Lipinski definition) is 1. The molecule has 1 rings (SSSR count). The zero-order valence-corrected chi connectivity index (χ0v) is 10.3. The van der Waals surface area contributed by atoms with E-state index in [1.54, 1.807) is 7.11 Å². The van der Waals surface area contributed by atoms with Crippen LogP contribution in [0.5, 0.6) is 5.75 Å². The highest BCUT2D eigenvalue weighted by molar-refractivity contribution is 9.10. The molecule has 2 nitrogen and oxygen atoms in total. The molecular formula is C11H16BrNO. The molecule has 1 aromatic carbocycles. The fourth-order valence-electron chi connectivity index (χ4n) is 1.36. The van der Waals surface area contributed by atoms with Crippen LogP contribution < -0.4 is 10.5 Å². The molecule has 14 heavy (non-hydrogen) atoms. The fourth-order valence-corrected chi connectivity index (χ4v) is 1.91. The van der Waals surface area contributed by atoms with Crippen LogP contribution in [0.2, 0.25) is 0 Å². The summed E-state index contributed by atoms with van der Waals surface area (Å²) in [5.41, 5.74) is 7.13. The Balaban J connectivity index is 3.13. The van der Waals surface area contributed by atoms with Gasteiger partial charge in [-0.1, -0.05) is 26.0 Å². The number of rotatable bonds is 3. The number of hydrogen-bond acceptors (Lipinski definition) is 2. The molecule has 0 aliphatic carbocycles. The van der Waals surface area contributed by atoms with Crippen LogP contribution in [-0.4, -0.2) is 7.11 Å². The third-order valence-corrected chi connectivity index (χ3v) is 2.90. The maximum Gasteiger partial charge on any atom is 0.137 e. The van der Waals surface area contributed by atoms with Crippen molar-refractivity contribution in [2.45, 2.75) is 19.9 Å². The lowest BCUT2D eigenvalue weighted by molar-refractivity contribution is 0.394. The Bertz CT molecular complexity index is 312. The summed E-state index contributed by atoms with van der Waals surface area (Å²) in [7, 11) is 1.66. The average molecular weight is 258 g/mol. The van der Waals surface area contributed by atoms with E-state index in [2.05, 4.69) is 29.8 Å². The zero-order chi connectivity index (χ0) is 10.7. The molecule has 0 radical (unpaired) electrons. The maximum absolute atomic E-state index is 6.08. The number of nitrogens with two attached hydrogens (primary N) is 1. The molecule has 0 amide bonds. The summed E-state index contributed by atoms with van der Waals surface area (Å²) in [4.78, 5) is 0. The highest BCUT2D eigenvalue weighted by Crippen LogP contribution is 2.34. The van der Waals surface area contributed by atoms with E-state index in [0.717, 1.165) is 15.8 Å². The summed E-state index contributed by atoms with van der Waals surface area (Å²) in [6.07, 6.45) is 0. The van der Waals surface area contributed by atoms with Gasteiger partial charge in [-0.2, -0.15) is 0 Å². The fraction of sp³-hybridized carbons (Fsp3) is 0.455. The van der Waals surface area contributed by atoms with E-state index in [-0.39, 0.29) is 6.04 Å². The van der Waals surface area contributed by atoms with Crippen molar-refractivity contribution < 1.29 is 4.74 Å². The van der Waals surface area contributed by atoms with Gasteiger partial charge < -0.3 is 10.5 Å². The van der Waals surface area contributed by atoms with Crippen LogP contribution in [0.25, 0.3) is 0 Å². The molecule has 0 saturated carbocycles. The molecule has 78 valence electrons. The molecule has 0 fully saturated rings. The van der Waals surface area contributed by atoms with E-state index in [9.17, 15) is 0 Å². The van der Waals surface area contributed by atoms with E-state index in [1.165, 1.54) is 0 Å². The molecule has 2 N–H and O–H groups in total. The van der Waals surface area contributed by atoms with E-state index in [1.807, 2.05) is 18.2 Å². The minimum Gasteiger partial charge on any atom is -0.495 e. The Hall–Kier alpha value is -0.540. The van der Waals surface area contributed by atoms with Crippen molar-refractivity contribution >= 4 is 15.9 Å². The van der Waals surface area contributed by atoms with Crippen molar-refractivity contribution in [3.63, 3.8) is 0 Å². The predicted octanol–water partition coefficient (Wildman–Crippen LogP) is 3.11. The van der Waals surface area contributed by atoms with Crippen molar-refractivity contribution in [3.05, 3.63) is 28.2 Å². The first-order chi connectivity index (χ1) is 6.57. The van der Waals surface area contributed by atoms with Gasteiger partial charge in [0.25, 0.3) is 0 Å². The first-order valence-corrected chi connectivity index (χ1v) is 5.45. The Labute approximate surface area is 93.6 Å². The minimum absolute atomic E-state index is 0.0162. The van der Waals surface area contributed by atoms with Crippen LogP contribution in [0.1, 0.15) is 25.5 Å². The van der Waals surface area contributed by atoms with Gasteiger partial charge in [-0.25, -0.2) is 0 Å². The maximum atomic E-state index is 6.08. The quantitative estimate of drug-likeness (QED) is 0.904. The molecule has 1 atom stereocenters. The van der Waals surface area contributed by atoms with Gasteiger partial charge in [0, 0.05) is 11.6 Å².